The Bertz CT molecular complexity index is 1250. The van der Waals surface area contributed by atoms with Crippen LogP contribution in [0.1, 0.15) is 44.0 Å². The van der Waals surface area contributed by atoms with Crippen LogP contribution in [0.15, 0.2) is 60.9 Å². The SMILES string of the molecule is CCN(CC)[C@@H](C)CCC(=O)c1cc(N)nc(-c2cnn3ccc(-c4ccccc4)nc23)c1. The third-order valence-corrected chi connectivity index (χ3v) is 6.11. The lowest BCUT2D eigenvalue weighted by Crippen LogP contribution is -2.33. The summed E-state index contributed by atoms with van der Waals surface area (Å²) in [4.78, 5) is 24.6. The summed E-state index contributed by atoms with van der Waals surface area (Å²) in [5.41, 5.74) is 10.5. The maximum absolute atomic E-state index is 13.0. The number of fused-ring (bicyclic) bond motifs is 1. The number of aromatic nitrogens is 4. The number of benzene rings is 1. The largest absolute Gasteiger partial charge is 0.384 e. The number of Topliss-reactive ketones (excluding diaryl/α,β-unsaturated/α-hetero) is 1. The summed E-state index contributed by atoms with van der Waals surface area (Å²) in [6.45, 7) is 8.41. The van der Waals surface area contributed by atoms with E-state index in [4.69, 9.17) is 10.7 Å². The molecule has 0 saturated heterocycles. The van der Waals surface area contributed by atoms with Crippen molar-refractivity contribution in [2.45, 2.75) is 39.7 Å². The number of pyridine rings is 1. The number of carbonyl (C=O) groups excluding carboxylic acids is 1. The van der Waals surface area contributed by atoms with E-state index in [9.17, 15) is 4.79 Å². The van der Waals surface area contributed by atoms with Crippen LogP contribution in [0.5, 0.6) is 0 Å². The highest BCUT2D eigenvalue weighted by atomic mass is 16.1. The molecule has 3 aromatic heterocycles. The third-order valence-electron chi connectivity index (χ3n) is 6.11. The molecule has 1 aromatic carbocycles. The number of rotatable bonds is 9. The molecule has 4 rings (SSSR count). The predicted octanol–water partition coefficient (Wildman–Crippen LogP) is 4.73. The fourth-order valence-electron chi connectivity index (χ4n) is 4.18. The molecule has 0 saturated carbocycles. The zero-order valence-electron chi connectivity index (χ0n) is 19.4. The fraction of sp³-hybridized carbons (Fsp3) is 0.308. The maximum Gasteiger partial charge on any atom is 0.164 e. The number of hydrogen-bond acceptors (Lipinski definition) is 6. The van der Waals surface area contributed by atoms with E-state index in [1.165, 1.54) is 0 Å². The topological polar surface area (TPSA) is 89.4 Å². The lowest BCUT2D eigenvalue weighted by Gasteiger charge is -2.26. The molecule has 1 atom stereocenters. The van der Waals surface area contributed by atoms with Crippen LogP contribution in [0.2, 0.25) is 0 Å². The molecule has 2 N–H and O–H groups in total. The van der Waals surface area contributed by atoms with Crippen molar-refractivity contribution >= 4 is 17.2 Å². The Morgan fingerprint density at radius 3 is 2.55 bits per heavy atom. The summed E-state index contributed by atoms with van der Waals surface area (Å²) in [5.74, 6) is 0.380. The number of nitrogens with zero attached hydrogens (tertiary/aromatic N) is 5. The van der Waals surface area contributed by atoms with Crippen molar-refractivity contribution in [1.82, 2.24) is 24.5 Å². The summed E-state index contributed by atoms with van der Waals surface area (Å²) in [5, 5.41) is 4.41. The Kier molecular flexibility index (Phi) is 6.79. The lowest BCUT2D eigenvalue weighted by atomic mass is 10.0. The van der Waals surface area contributed by atoms with E-state index in [0.717, 1.165) is 36.3 Å². The quantitative estimate of drug-likeness (QED) is 0.377. The minimum Gasteiger partial charge on any atom is -0.384 e. The Labute approximate surface area is 194 Å². The van der Waals surface area contributed by atoms with Gasteiger partial charge in [-0.15, -0.1) is 0 Å². The highest BCUT2D eigenvalue weighted by Gasteiger charge is 2.17. The molecular weight excluding hydrogens is 412 g/mol. The lowest BCUT2D eigenvalue weighted by molar-refractivity contribution is 0.0964. The van der Waals surface area contributed by atoms with E-state index in [-0.39, 0.29) is 5.78 Å². The molecule has 0 aliphatic heterocycles. The van der Waals surface area contributed by atoms with Crippen LogP contribution in [0.25, 0.3) is 28.2 Å². The van der Waals surface area contributed by atoms with Crippen molar-refractivity contribution in [3.63, 3.8) is 0 Å². The van der Waals surface area contributed by atoms with Crippen molar-refractivity contribution < 1.29 is 4.79 Å². The highest BCUT2D eigenvalue weighted by molar-refractivity contribution is 5.98. The molecule has 0 spiro atoms. The maximum atomic E-state index is 13.0. The first-order valence-corrected chi connectivity index (χ1v) is 11.4. The van der Waals surface area contributed by atoms with Crippen LogP contribution in [0, 0.1) is 0 Å². The van der Waals surface area contributed by atoms with Crippen LogP contribution in [-0.4, -0.2) is 49.4 Å². The van der Waals surface area contributed by atoms with Gasteiger partial charge in [-0.05, 0) is 44.6 Å². The molecule has 0 aliphatic carbocycles. The first-order chi connectivity index (χ1) is 16.0. The van der Waals surface area contributed by atoms with Gasteiger partial charge in [0.1, 0.15) is 5.82 Å². The zero-order valence-corrected chi connectivity index (χ0v) is 19.4. The molecule has 0 aliphatic rings. The second kappa shape index (κ2) is 9.92. The molecule has 0 bridgehead atoms. The molecule has 3 heterocycles. The molecule has 0 amide bonds. The minimum absolute atomic E-state index is 0.0683. The Balaban J connectivity index is 1.63. The first kappa shape index (κ1) is 22.6. The van der Waals surface area contributed by atoms with Gasteiger partial charge in [0.25, 0.3) is 0 Å². The van der Waals surface area contributed by atoms with Crippen molar-refractivity contribution in [2.75, 3.05) is 18.8 Å². The van der Waals surface area contributed by atoms with Gasteiger partial charge in [-0.1, -0.05) is 44.2 Å². The number of nitrogen functional groups attached to an aromatic ring is 1. The summed E-state index contributed by atoms with van der Waals surface area (Å²) in [7, 11) is 0. The average Bonchev–Trinajstić information content (AvgIpc) is 3.27. The average molecular weight is 443 g/mol. The van der Waals surface area contributed by atoms with E-state index in [1.54, 1.807) is 22.8 Å². The van der Waals surface area contributed by atoms with Crippen molar-refractivity contribution in [3.8, 4) is 22.5 Å². The van der Waals surface area contributed by atoms with Crippen LogP contribution in [-0.2, 0) is 0 Å². The van der Waals surface area contributed by atoms with Crippen molar-refractivity contribution in [3.05, 3.63) is 66.5 Å². The van der Waals surface area contributed by atoms with E-state index in [1.807, 2.05) is 42.6 Å². The third kappa shape index (κ3) is 4.93. The molecule has 0 radical (unpaired) electrons. The van der Waals surface area contributed by atoms with Gasteiger partial charge in [0.05, 0.1) is 23.1 Å². The predicted molar refractivity (Wildman–Crippen MR) is 132 cm³/mol. The number of anilines is 1. The van der Waals surface area contributed by atoms with Crippen LogP contribution in [0.4, 0.5) is 5.82 Å². The number of ketones is 1. The van der Waals surface area contributed by atoms with Crippen LogP contribution >= 0.6 is 0 Å². The second-order valence-corrected chi connectivity index (χ2v) is 8.20. The van der Waals surface area contributed by atoms with Gasteiger partial charge in [0.15, 0.2) is 11.4 Å². The van der Waals surface area contributed by atoms with Gasteiger partial charge in [-0.25, -0.2) is 14.5 Å². The van der Waals surface area contributed by atoms with Gasteiger partial charge in [-0.2, -0.15) is 5.10 Å². The van der Waals surface area contributed by atoms with Crippen LogP contribution < -0.4 is 5.73 Å². The van der Waals surface area contributed by atoms with E-state index in [0.29, 0.717) is 35.2 Å². The molecule has 170 valence electrons. The van der Waals surface area contributed by atoms with Crippen molar-refractivity contribution in [2.24, 2.45) is 0 Å². The van der Waals surface area contributed by atoms with E-state index >= 15 is 0 Å². The molecule has 7 heteroatoms. The monoisotopic (exact) mass is 442 g/mol. The first-order valence-electron chi connectivity index (χ1n) is 11.4. The summed E-state index contributed by atoms with van der Waals surface area (Å²) in [6, 6.07) is 15.7. The van der Waals surface area contributed by atoms with Gasteiger partial charge < -0.3 is 10.6 Å². The Morgan fingerprint density at radius 1 is 1.06 bits per heavy atom. The zero-order chi connectivity index (χ0) is 23.4. The normalized spacial score (nSPS) is 12.4. The number of hydrogen-bond donors (Lipinski definition) is 1. The fourth-order valence-corrected chi connectivity index (χ4v) is 4.18. The van der Waals surface area contributed by atoms with Gasteiger partial charge in [0.2, 0.25) is 0 Å². The minimum atomic E-state index is 0.0683. The number of carbonyl (C=O) groups is 1. The smallest absolute Gasteiger partial charge is 0.164 e. The summed E-state index contributed by atoms with van der Waals surface area (Å²) >= 11 is 0. The summed E-state index contributed by atoms with van der Waals surface area (Å²) < 4.78 is 1.71. The van der Waals surface area contributed by atoms with Gasteiger partial charge in [-0.3, -0.25) is 4.79 Å². The summed E-state index contributed by atoms with van der Waals surface area (Å²) in [6.07, 6.45) is 4.86. The molecule has 0 unspecified atom stereocenters. The molecule has 0 fully saturated rings. The van der Waals surface area contributed by atoms with Gasteiger partial charge in [0, 0.05) is 29.8 Å². The van der Waals surface area contributed by atoms with Crippen molar-refractivity contribution in [1.29, 1.82) is 0 Å². The van der Waals surface area contributed by atoms with Crippen LogP contribution in [0.3, 0.4) is 0 Å². The second-order valence-electron chi connectivity index (χ2n) is 8.20. The Morgan fingerprint density at radius 2 is 1.82 bits per heavy atom. The standard InChI is InChI=1S/C26H30N6O/c1-4-31(5-2)18(3)11-12-24(33)20-15-23(29-25(27)16-20)21-17-28-32-14-13-22(30-26(21)32)19-9-7-6-8-10-19/h6-10,13-18H,4-5,11-12H2,1-3H3,(H2,27,29)/t18-/m0/s1. The van der Waals surface area contributed by atoms with E-state index < -0.39 is 0 Å². The van der Waals surface area contributed by atoms with Gasteiger partial charge >= 0.3 is 0 Å². The molecule has 7 nitrogen and oxygen atoms in total. The molecule has 4 aromatic rings. The van der Waals surface area contributed by atoms with E-state index in [2.05, 4.69) is 35.8 Å². The molecular formula is C26H30N6O. The Hall–Kier alpha value is -3.58. The number of nitrogens with two attached hydrogens (primary N) is 1. The highest BCUT2D eigenvalue weighted by Crippen LogP contribution is 2.26. The molecule has 33 heavy (non-hydrogen) atoms.